The Hall–Kier alpha value is -2.68. The van der Waals surface area contributed by atoms with E-state index in [1.807, 2.05) is 18.2 Å². The van der Waals surface area contributed by atoms with Gasteiger partial charge in [-0.1, -0.05) is 35.9 Å². The van der Waals surface area contributed by atoms with Crippen LogP contribution in [0.25, 0.3) is 21.3 Å². The summed E-state index contributed by atoms with van der Waals surface area (Å²) in [5.74, 6) is 0.521. The lowest BCUT2D eigenvalue weighted by Gasteiger charge is -2.13. The standard InChI is InChI=1S/C21H16ClF3N4S/c22-15-7-12(5-6-14(15)21(23,24)25)17-9-20(29-11-28-17)27-10-16(26)19-8-13-3-1-2-4-18(13)30-19/h1-9,11,16H,10,26H2,(H,27,28,29). The van der Waals surface area contributed by atoms with Crippen molar-refractivity contribution in [3.8, 4) is 11.3 Å². The summed E-state index contributed by atoms with van der Waals surface area (Å²) in [4.78, 5) is 9.35. The lowest BCUT2D eigenvalue weighted by molar-refractivity contribution is -0.137. The molecule has 4 nitrogen and oxygen atoms in total. The molecule has 0 aliphatic carbocycles. The van der Waals surface area contributed by atoms with Crippen molar-refractivity contribution in [2.24, 2.45) is 5.73 Å². The first kappa shape index (κ1) is 20.6. The largest absolute Gasteiger partial charge is 0.417 e. The van der Waals surface area contributed by atoms with Crippen molar-refractivity contribution in [2.45, 2.75) is 12.2 Å². The Kier molecular flexibility index (Phi) is 5.64. The van der Waals surface area contributed by atoms with E-state index in [0.717, 1.165) is 16.3 Å². The predicted molar refractivity (Wildman–Crippen MR) is 115 cm³/mol. The second-order valence-electron chi connectivity index (χ2n) is 6.65. The molecule has 0 aliphatic heterocycles. The number of nitrogens with zero attached hydrogens (tertiary/aromatic N) is 2. The second kappa shape index (κ2) is 8.22. The zero-order valence-corrected chi connectivity index (χ0v) is 17.0. The normalized spacial score (nSPS) is 12.8. The van der Waals surface area contributed by atoms with Crippen molar-refractivity contribution < 1.29 is 13.2 Å². The number of alkyl halides is 3. The number of benzene rings is 2. The molecule has 0 saturated carbocycles. The molecular formula is C21H16ClF3N4S. The predicted octanol–water partition coefficient (Wildman–Crippen LogP) is 6.14. The van der Waals surface area contributed by atoms with Crippen LogP contribution in [0.2, 0.25) is 5.02 Å². The number of rotatable bonds is 5. The molecule has 1 atom stereocenters. The van der Waals surface area contributed by atoms with Gasteiger partial charge in [0.1, 0.15) is 12.1 Å². The van der Waals surface area contributed by atoms with Gasteiger partial charge in [0.25, 0.3) is 0 Å². The van der Waals surface area contributed by atoms with Gasteiger partial charge in [0, 0.05) is 27.8 Å². The zero-order chi connectivity index (χ0) is 21.3. The third-order valence-corrected chi connectivity index (χ3v) is 6.11. The number of fused-ring (bicyclic) bond motifs is 1. The smallest absolute Gasteiger partial charge is 0.368 e. The van der Waals surface area contributed by atoms with Crippen LogP contribution in [0.5, 0.6) is 0 Å². The van der Waals surface area contributed by atoms with Crippen LogP contribution < -0.4 is 11.1 Å². The van der Waals surface area contributed by atoms with E-state index in [9.17, 15) is 13.2 Å². The molecule has 2 aromatic heterocycles. The number of hydrogen-bond donors (Lipinski definition) is 2. The van der Waals surface area contributed by atoms with Gasteiger partial charge >= 0.3 is 6.18 Å². The van der Waals surface area contributed by atoms with E-state index >= 15 is 0 Å². The minimum Gasteiger partial charge on any atom is -0.368 e. The first-order valence-corrected chi connectivity index (χ1v) is 10.2. The Morgan fingerprint density at radius 3 is 2.60 bits per heavy atom. The van der Waals surface area contributed by atoms with Crippen molar-refractivity contribution >= 4 is 38.8 Å². The topological polar surface area (TPSA) is 63.8 Å². The van der Waals surface area contributed by atoms with Crippen molar-refractivity contribution in [3.05, 3.63) is 76.4 Å². The van der Waals surface area contributed by atoms with Crippen LogP contribution in [-0.4, -0.2) is 16.5 Å². The van der Waals surface area contributed by atoms with Gasteiger partial charge in [-0.25, -0.2) is 9.97 Å². The minimum atomic E-state index is -4.50. The van der Waals surface area contributed by atoms with E-state index in [2.05, 4.69) is 27.4 Å². The Balaban J connectivity index is 1.49. The van der Waals surface area contributed by atoms with Crippen molar-refractivity contribution in [1.82, 2.24) is 9.97 Å². The molecule has 154 valence electrons. The maximum Gasteiger partial charge on any atom is 0.417 e. The Labute approximate surface area is 179 Å². The Bertz CT molecular complexity index is 1160. The first-order chi connectivity index (χ1) is 14.3. The highest BCUT2D eigenvalue weighted by molar-refractivity contribution is 7.19. The minimum absolute atomic E-state index is 0.235. The molecule has 30 heavy (non-hydrogen) atoms. The van der Waals surface area contributed by atoms with Crippen LogP contribution in [0.15, 0.2) is 60.9 Å². The van der Waals surface area contributed by atoms with Gasteiger partial charge in [-0.2, -0.15) is 13.2 Å². The fourth-order valence-electron chi connectivity index (χ4n) is 3.02. The number of halogens is 4. The summed E-state index contributed by atoms with van der Waals surface area (Å²) < 4.78 is 39.9. The molecule has 2 aromatic carbocycles. The van der Waals surface area contributed by atoms with E-state index in [0.29, 0.717) is 23.6 Å². The molecule has 2 heterocycles. The molecule has 1 unspecified atom stereocenters. The monoisotopic (exact) mass is 448 g/mol. The van der Waals surface area contributed by atoms with E-state index in [1.165, 1.54) is 23.2 Å². The zero-order valence-electron chi connectivity index (χ0n) is 15.4. The summed E-state index contributed by atoms with van der Waals surface area (Å²) in [7, 11) is 0. The quantitative estimate of drug-likeness (QED) is 0.385. The molecule has 0 radical (unpaired) electrons. The van der Waals surface area contributed by atoms with Gasteiger partial charge in [0.15, 0.2) is 0 Å². The van der Waals surface area contributed by atoms with Crippen LogP contribution in [-0.2, 0) is 6.18 Å². The number of thiophene rings is 1. The molecule has 0 amide bonds. The molecule has 4 aromatic rings. The summed E-state index contributed by atoms with van der Waals surface area (Å²) in [6, 6.07) is 15.1. The SMILES string of the molecule is NC(CNc1cc(-c2ccc(C(F)(F)F)c(Cl)c2)ncn1)c1cc2ccccc2s1. The maximum atomic E-state index is 12.9. The van der Waals surface area contributed by atoms with Crippen LogP contribution >= 0.6 is 22.9 Å². The average Bonchev–Trinajstić information content (AvgIpc) is 3.15. The van der Waals surface area contributed by atoms with Crippen molar-refractivity contribution in [3.63, 3.8) is 0 Å². The molecule has 0 fully saturated rings. The van der Waals surface area contributed by atoms with Crippen molar-refractivity contribution in [1.29, 1.82) is 0 Å². The Morgan fingerprint density at radius 1 is 1.07 bits per heavy atom. The molecule has 3 N–H and O–H groups in total. The second-order valence-corrected chi connectivity index (χ2v) is 8.18. The summed E-state index contributed by atoms with van der Waals surface area (Å²) >= 11 is 7.45. The summed E-state index contributed by atoms with van der Waals surface area (Å²) in [5.41, 5.74) is 6.36. The van der Waals surface area contributed by atoms with Crippen molar-refractivity contribution in [2.75, 3.05) is 11.9 Å². The van der Waals surface area contributed by atoms with Crippen LogP contribution in [0.3, 0.4) is 0 Å². The number of hydrogen-bond acceptors (Lipinski definition) is 5. The van der Waals surface area contributed by atoms with Gasteiger partial charge in [-0.15, -0.1) is 11.3 Å². The van der Waals surface area contributed by atoms with Gasteiger partial charge in [-0.05, 0) is 29.7 Å². The van der Waals surface area contributed by atoms with Gasteiger partial charge in [0.05, 0.1) is 22.3 Å². The van der Waals surface area contributed by atoms with E-state index in [1.54, 1.807) is 17.4 Å². The summed E-state index contributed by atoms with van der Waals surface area (Å²) in [6.45, 7) is 0.442. The van der Waals surface area contributed by atoms with Gasteiger partial charge in [0.2, 0.25) is 0 Å². The number of nitrogens with two attached hydrogens (primary N) is 1. The first-order valence-electron chi connectivity index (χ1n) is 8.98. The summed E-state index contributed by atoms with van der Waals surface area (Å²) in [6.07, 6.45) is -3.16. The van der Waals surface area contributed by atoms with Crippen LogP contribution in [0.4, 0.5) is 19.0 Å². The highest BCUT2D eigenvalue weighted by Crippen LogP contribution is 2.36. The molecule has 9 heteroatoms. The fourth-order valence-corrected chi connectivity index (χ4v) is 4.37. The average molecular weight is 449 g/mol. The van der Waals surface area contributed by atoms with E-state index < -0.39 is 11.7 Å². The maximum absolute atomic E-state index is 12.9. The Morgan fingerprint density at radius 2 is 1.87 bits per heavy atom. The van der Waals surface area contributed by atoms with E-state index in [-0.39, 0.29) is 11.1 Å². The van der Waals surface area contributed by atoms with Crippen LogP contribution in [0.1, 0.15) is 16.5 Å². The molecule has 0 spiro atoms. The molecule has 0 aliphatic rings. The van der Waals surface area contributed by atoms with Gasteiger partial charge < -0.3 is 11.1 Å². The van der Waals surface area contributed by atoms with E-state index in [4.69, 9.17) is 17.3 Å². The molecular weight excluding hydrogens is 433 g/mol. The highest BCUT2D eigenvalue weighted by atomic mass is 35.5. The lowest BCUT2D eigenvalue weighted by Crippen LogP contribution is -2.20. The third kappa shape index (κ3) is 4.40. The number of aromatic nitrogens is 2. The number of anilines is 1. The number of nitrogens with one attached hydrogen (secondary N) is 1. The molecule has 4 rings (SSSR count). The molecule has 0 saturated heterocycles. The fraction of sp³-hybridized carbons (Fsp3) is 0.143. The molecule has 0 bridgehead atoms. The lowest BCUT2D eigenvalue weighted by atomic mass is 10.1. The van der Waals surface area contributed by atoms with Crippen LogP contribution in [0, 0.1) is 0 Å². The summed E-state index contributed by atoms with van der Waals surface area (Å²) in [5, 5.41) is 3.94. The third-order valence-electron chi connectivity index (χ3n) is 4.55. The highest BCUT2D eigenvalue weighted by Gasteiger charge is 2.33. The van der Waals surface area contributed by atoms with Gasteiger partial charge in [-0.3, -0.25) is 0 Å².